The minimum Gasteiger partial charge on any atom is -0.383 e. The Morgan fingerprint density at radius 2 is 2.06 bits per heavy atom. The van der Waals surface area contributed by atoms with Crippen LogP contribution in [0.5, 0.6) is 0 Å². The molecule has 96 valence electrons. The summed E-state index contributed by atoms with van der Waals surface area (Å²) in [6.07, 6.45) is 1.12. The first-order valence-corrected chi connectivity index (χ1v) is 6.55. The van der Waals surface area contributed by atoms with E-state index in [0.717, 1.165) is 42.5 Å². The van der Waals surface area contributed by atoms with Crippen LogP contribution in [0.2, 0.25) is 5.02 Å². The minimum absolute atomic E-state index is 0.707. The number of nitrogens with one attached hydrogen (secondary N) is 1. The van der Waals surface area contributed by atoms with E-state index >= 15 is 0 Å². The van der Waals surface area contributed by atoms with Gasteiger partial charge in [0, 0.05) is 23.9 Å². The van der Waals surface area contributed by atoms with Crippen molar-refractivity contribution in [2.45, 2.75) is 27.2 Å². The highest BCUT2D eigenvalue weighted by Crippen LogP contribution is 2.19. The Labute approximate surface area is 109 Å². The summed E-state index contributed by atoms with van der Waals surface area (Å²) in [6.45, 7) is 8.80. The Bertz CT molecular complexity index is 339. The second-order valence-corrected chi connectivity index (χ2v) is 5.09. The lowest BCUT2D eigenvalue weighted by atomic mass is 10.1. The van der Waals surface area contributed by atoms with Crippen molar-refractivity contribution in [2.24, 2.45) is 5.92 Å². The zero-order chi connectivity index (χ0) is 12.7. The van der Waals surface area contributed by atoms with E-state index < -0.39 is 0 Å². The molecule has 0 spiro atoms. The van der Waals surface area contributed by atoms with Crippen LogP contribution in [0.1, 0.15) is 25.8 Å². The van der Waals surface area contributed by atoms with Gasteiger partial charge in [0.2, 0.25) is 0 Å². The molecule has 0 fully saturated rings. The van der Waals surface area contributed by atoms with Crippen LogP contribution in [0.15, 0.2) is 18.2 Å². The van der Waals surface area contributed by atoms with Crippen LogP contribution < -0.4 is 5.32 Å². The highest BCUT2D eigenvalue weighted by molar-refractivity contribution is 6.31. The number of hydrogen-bond donors (Lipinski definition) is 1. The molecule has 0 saturated carbocycles. The summed E-state index contributed by atoms with van der Waals surface area (Å²) in [6, 6.07) is 6.00. The van der Waals surface area contributed by atoms with E-state index in [-0.39, 0.29) is 0 Å². The molecule has 0 aliphatic heterocycles. The third-order valence-corrected chi connectivity index (χ3v) is 2.99. The molecule has 1 N–H and O–H groups in total. The molecule has 0 atom stereocenters. The van der Waals surface area contributed by atoms with E-state index in [0.29, 0.717) is 5.92 Å². The third kappa shape index (κ3) is 5.94. The van der Waals surface area contributed by atoms with Crippen molar-refractivity contribution in [3.63, 3.8) is 0 Å². The van der Waals surface area contributed by atoms with Crippen molar-refractivity contribution in [1.82, 2.24) is 0 Å². The third-order valence-electron chi connectivity index (χ3n) is 2.59. The average molecular weight is 256 g/mol. The van der Waals surface area contributed by atoms with Crippen LogP contribution >= 0.6 is 11.6 Å². The van der Waals surface area contributed by atoms with E-state index in [9.17, 15) is 0 Å². The number of hydrogen-bond acceptors (Lipinski definition) is 2. The molecular weight excluding hydrogens is 234 g/mol. The number of anilines is 1. The van der Waals surface area contributed by atoms with E-state index in [1.165, 1.54) is 0 Å². The standard InChI is InChI=1S/C14H22ClNO/c1-11(2)6-8-17-9-7-16-13-5-4-12(3)14(15)10-13/h4-5,10-11,16H,6-9H2,1-3H3. The van der Waals surface area contributed by atoms with E-state index in [1.54, 1.807) is 0 Å². The predicted octanol–water partition coefficient (Wildman–Crippen LogP) is 4.12. The van der Waals surface area contributed by atoms with Gasteiger partial charge in [0.15, 0.2) is 0 Å². The first-order valence-electron chi connectivity index (χ1n) is 6.17. The van der Waals surface area contributed by atoms with Crippen molar-refractivity contribution >= 4 is 17.3 Å². The molecule has 2 nitrogen and oxygen atoms in total. The predicted molar refractivity (Wildman–Crippen MR) is 75.0 cm³/mol. The first kappa shape index (κ1) is 14.3. The van der Waals surface area contributed by atoms with Gasteiger partial charge in [-0.15, -0.1) is 0 Å². The van der Waals surface area contributed by atoms with Crippen molar-refractivity contribution in [2.75, 3.05) is 25.1 Å². The summed E-state index contributed by atoms with van der Waals surface area (Å²) < 4.78 is 5.52. The number of benzene rings is 1. The number of halogens is 1. The van der Waals surface area contributed by atoms with Gasteiger partial charge in [0.25, 0.3) is 0 Å². The fourth-order valence-corrected chi connectivity index (χ4v) is 1.57. The maximum absolute atomic E-state index is 6.04. The summed E-state index contributed by atoms with van der Waals surface area (Å²) in [5.41, 5.74) is 2.15. The zero-order valence-electron chi connectivity index (χ0n) is 10.9. The normalized spacial score (nSPS) is 10.9. The second kappa shape index (κ2) is 7.57. The highest BCUT2D eigenvalue weighted by Gasteiger charge is 1.97. The minimum atomic E-state index is 0.707. The maximum atomic E-state index is 6.04. The van der Waals surface area contributed by atoms with Gasteiger partial charge in [-0.1, -0.05) is 31.5 Å². The molecule has 0 saturated heterocycles. The summed E-state index contributed by atoms with van der Waals surface area (Å²) in [5, 5.41) is 4.09. The van der Waals surface area contributed by atoms with Crippen LogP contribution in [-0.4, -0.2) is 19.8 Å². The Morgan fingerprint density at radius 1 is 1.29 bits per heavy atom. The van der Waals surface area contributed by atoms with Gasteiger partial charge in [-0.25, -0.2) is 0 Å². The molecular formula is C14H22ClNO. The summed E-state index contributed by atoms with van der Waals surface area (Å²) in [5.74, 6) is 0.707. The molecule has 0 radical (unpaired) electrons. The van der Waals surface area contributed by atoms with Gasteiger partial charge >= 0.3 is 0 Å². The van der Waals surface area contributed by atoms with Gasteiger partial charge in [-0.2, -0.15) is 0 Å². The van der Waals surface area contributed by atoms with Crippen molar-refractivity contribution in [1.29, 1.82) is 0 Å². The van der Waals surface area contributed by atoms with Crippen molar-refractivity contribution in [3.8, 4) is 0 Å². The molecule has 0 aromatic heterocycles. The lowest BCUT2D eigenvalue weighted by Gasteiger charge is -2.09. The fourth-order valence-electron chi connectivity index (χ4n) is 1.39. The molecule has 0 heterocycles. The monoisotopic (exact) mass is 255 g/mol. The smallest absolute Gasteiger partial charge is 0.0639 e. The fraction of sp³-hybridized carbons (Fsp3) is 0.571. The van der Waals surface area contributed by atoms with Crippen LogP contribution in [0.3, 0.4) is 0 Å². The summed E-state index contributed by atoms with van der Waals surface area (Å²) in [7, 11) is 0. The summed E-state index contributed by atoms with van der Waals surface area (Å²) >= 11 is 6.04. The van der Waals surface area contributed by atoms with Gasteiger partial charge in [0.1, 0.15) is 0 Å². The molecule has 0 bridgehead atoms. The largest absolute Gasteiger partial charge is 0.383 e. The molecule has 1 aromatic rings. The first-order chi connectivity index (χ1) is 8.09. The molecule has 0 unspecified atom stereocenters. The van der Waals surface area contributed by atoms with E-state index in [4.69, 9.17) is 16.3 Å². The quantitative estimate of drug-likeness (QED) is 0.740. The summed E-state index contributed by atoms with van der Waals surface area (Å²) in [4.78, 5) is 0. The van der Waals surface area contributed by atoms with Crippen LogP contribution in [-0.2, 0) is 4.74 Å². The second-order valence-electron chi connectivity index (χ2n) is 4.69. The molecule has 0 amide bonds. The maximum Gasteiger partial charge on any atom is 0.0639 e. The Kier molecular flexibility index (Phi) is 6.38. The Morgan fingerprint density at radius 3 is 2.71 bits per heavy atom. The number of ether oxygens (including phenoxy) is 1. The lowest BCUT2D eigenvalue weighted by molar-refractivity contribution is 0.132. The molecule has 3 heteroatoms. The van der Waals surface area contributed by atoms with Crippen molar-refractivity contribution < 1.29 is 4.74 Å². The molecule has 0 aliphatic rings. The number of aryl methyl sites for hydroxylation is 1. The van der Waals surface area contributed by atoms with E-state index in [1.807, 2.05) is 25.1 Å². The van der Waals surface area contributed by atoms with Gasteiger partial charge in [0.05, 0.1) is 6.61 Å². The average Bonchev–Trinajstić information content (AvgIpc) is 2.27. The van der Waals surface area contributed by atoms with Crippen molar-refractivity contribution in [3.05, 3.63) is 28.8 Å². The molecule has 1 aromatic carbocycles. The number of rotatable bonds is 7. The highest BCUT2D eigenvalue weighted by atomic mass is 35.5. The molecule has 17 heavy (non-hydrogen) atoms. The van der Waals surface area contributed by atoms with Crippen LogP contribution in [0, 0.1) is 12.8 Å². The lowest BCUT2D eigenvalue weighted by Crippen LogP contribution is -2.10. The zero-order valence-corrected chi connectivity index (χ0v) is 11.7. The van der Waals surface area contributed by atoms with E-state index in [2.05, 4.69) is 19.2 Å². The van der Waals surface area contributed by atoms with Crippen LogP contribution in [0.25, 0.3) is 0 Å². The molecule has 0 aliphatic carbocycles. The topological polar surface area (TPSA) is 21.3 Å². The molecule has 1 rings (SSSR count). The Hall–Kier alpha value is -0.730. The van der Waals surface area contributed by atoms with Gasteiger partial charge in [-0.3, -0.25) is 0 Å². The SMILES string of the molecule is Cc1ccc(NCCOCCC(C)C)cc1Cl. The van der Waals surface area contributed by atoms with Crippen LogP contribution in [0.4, 0.5) is 5.69 Å². The Balaban J connectivity index is 2.16. The van der Waals surface area contributed by atoms with Gasteiger partial charge < -0.3 is 10.1 Å². The van der Waals surface area contributed by atoms with Gasteiger partial charge in [-0.05, 0) is 37.0 Å².